The number of pyridine rings is 1. The highest BCUT2D eigenvalue weighted by molar-refractivity contribution is 8.93. The van der Waals surface area contributed by atoms with Crippen molar-refractivity contribution in [2.75, 3.05) is 26.2 Å². The fraction of sp³-hybridized carbons (Fsp3) is 0.471. The second-order valence-electron chi connectivity index (χ2n) is 5.79. The fourth-order valence-corrected chi connectivity index (χ4v) is 3.07. The van der Waals surface area contributed by atoms with E-state index < -0.39 is 0 Å². The molecule has 0 spiro atoms. The maximum Gasteiger partial charge on any atom is 0.251 e. The van der Waals surface area contributed by atoms with Crippen LogP contribution in [0, 0.1) is 0 Å². The Morgan fingerprint density at radius 3 is 2.64 bits per heavy atom. The van der Waals surface area contributed by atoms with E-state index in [0.29, 0.717) is 6.04 Å². The molecule has 0 bridgehead atoms. The lowest BCUT2D eigenvalue weighted by atomic mass is 10.0. The number of hydrogen-bond acceptors (Lipinski definition) is 3. The first-order valence-electron chi connectivity index (χ1n) is 7.79. The number of halogens is 1. The molecule has 1 aliphatic heterocycles. The summed E-state index contributed by atoms with van der Waals surface area (Å²) >= 11 is 0. The summed E-state index contributed by atoms with van der Waals surface area (Å²) in [5.41, 5.74) is 3.10. The molecule has 3 rings (SSSR count). The topological polar surface area (TPSA) is 48.1 Å². The van der Waals surface area contributed by atoms with E-state index in [1.165, 1.54) is 5.56 Å². The number of H-pyrrole nitrogens is 1. The number of hydrogen-bond donors (Lipinski definition) is 2. The molecule has 1 atom stereocenters. The van der Waals surface area contributed by atoms with Gasteiger partial charge in [-0.2, -0.15) is 0 Å². The zero-order valence-corrected chi connectivity index (χ0v) is 14.9. The van der Waals surface area contributed by atoms with Crippen LogP contribution in [-0.2, 0) is 6.42 Å². The average Bonchev–Trinajstić information content (AvgIpc) is 2.53. The van der Waals surface area contributed by atoms with Crippen LogP contribution < -0.4 is 10.9 Å². The minimum absolute atomic E-state index is 0. The summed E-state index contributed by atoms with van der Waals surface area (Å²) in [6.45, 7) is 8.50. The minimum Gasteiger partial charge on any atom is -0.322 e. The van der Waals surface area contributed by atoms with E-state index in [0.717, 1.165) is 49.1 Å². The van der Waals surface area contributed by atoms with Crippen molar-refractivity contribution in [1.29, 1.82) is 0 Å². The third-order valence-corrected chi connectivity index (χ3v) is 4.51. The van der Waals surface area contributed by atoms with Gasteiger partial charge in [-0.3, -0.25) is 9.69 Å². The van der Waals surface area contributed by atoms with Crippen LogP contribution in [-0.4, -0.2) is 36.1 Å². The Morgan fingerprint density at radius 2 is 1.95 bits per heavy atom. The summed E-state index contributed by atoms with van der Waals surface area (Å²) in [4.78, 5) is 17.5. The van der Waals surface area contributed by atoms with Gasteiger partial charge in [0.2, 0.25) is 0 Å². The first kappa shape index (κ1) is 17.2. The number of aromatic amines is 1. The summed E-state index contributed by atoms with van der Waals surface area (Å²) in [5.74, 6) is 0. The summed E-state index contributed by atoms with van der Waals surface area (Å²) < 4.78 is 0. The summed E-state index contributed by atoms with van der Waals surface area (Å²) in [6, 6.07) is 8.83. The van der Waals surface area contributed by atoms with Crippen LogP contribution >= 0.6 is 17.0 Å². The van der Waals surface area contributed by atoms with Gasteiger partial charge in [-0.25, -0.2) is 0 Å². The Balaban J connectivity index is 0.00000176. The number of aryl methyl sites for hydroxylation is 1. The third-order valence-electron chi connectivity index (χ3n) is 4.51. The number of aromatic nitrogens is 1. The van der Waals surface area contributed by atoms with Gasteiger partial charge in [0.1, 0.15) is 0 Å². The fourth-order valence-electron chi connectivity index (χ4n) is 3.07. The van der Waals surface area contributed by atoms with Gasteiger partial charge in [0, 0.05) is 43.3 Å². The molecule has 2 heterocycles. The Kier molecular flexibility index (Phi) is 5.78. The van der Waals surface area contributed by atoms with Crippen LogP contribution in [0.3, 0.4) is 0 Å². The second kappa shape index (κ2) is 7.40. The number of benzene rings is 1. The van der Waals surface area contributed by atoms with E-state index in [1.54, 1.807) is 0 Å². The van der Waals surface area contributed by atoms with E-state index in [4.69, 9.17) is 0 Å². The first-order valence-corrected chi connectivity index (χ1v) is 7.79. The molecule has 0 saturated carbocycles. The normalized spacial score (nSPS) is 17.2. The van der Waals surface area contributed by atoms with Gasteiger partial charge in [-0.15, -0.1) is 17.0 Å². The quantitative estimate of drug-likeness (QED) is 0.878. The summed E-state index contributed by atoms with van der Waals surface area (Å²) in [7, 11) is 0. The molecule has 22 heavy (non-hydrogen) atoms. The number of fused-ring (bicyclic) bond motifs is 1. The van der Waals surface area contributed by atoms with E-state index in [1.807, 2.05) is 13.0 Å². The molecule has 0 radical (unpaired) electrons. The van der Waals surface area contributed by atoms with Crippen LogP contribution in [0.15, 0.2) is 29.1 Å². The predicted octanol–water partition coefficient (Wildman–Crippen LogP) is 2.63. The van der Waals surface area contributed by atoms with Crippen molar-refractivity contribution in [3.05, 3.63) is 45.7 Å². The lowest BCUT2D eigenvalue weighted by Gasteiger charge is -2.33. The SMILES string of the molecule is Br.CCc1cc2ccc(C(C)N3CCNCC3)cc2[nH]c1=O. The zero-order chi connectivity index (χ0) is 14.8. The maximum atomic E-state index is 12.0. The van der Waals surface area contributed by atoms with Gasteiger partial charge in [0.15, 0.2) is 0 Å². The predicted molar refractivity (Wildman–Crippen MR) is 97.1 cm³/mol. The standard InChI is InChI=1S/C17H23N3O.BrH/c1-3-13-10-15-5-4-14(11-16(15)19-17(13)21)12(2)20-8-6-18-7-9-20;/h4-5,10-12,18H,3,6-9H2,1-2H3,(H,19,21);1H. The van der Waals surface area contributed by atoms with E-state index >= 15 is 0 Å². The number of piperazine rings is 1. The smallest absolute Gasteiger partial charge is 0.251 e. The van der Waals surface area contributed by atoms with Crippen molar-refractivity contribution in [3.63, 3.8) is 0 Å². The molecule has 1 aromatic carbocycles. The molecule has 0 amide bonds. The monoisotopic (exact) mass is 365 g/mol. The molecule has 1 unspecified atom stereocenters. The van der Waals surface area contributed by atoms with Crippen LogP contribution in [0.2, 0.25) is 0 Å². The van der Waals surface area contributed by atoms with Gasteiger partial charge in [-0.1, -0.05) is 19.1 Å². The second-order valence-corrected chi connectivity index (χ2v) is 5.79. The highest BCUT2D eigenvalue weighted by Crippen LogP contribution is 2.23. The van der Waals surface area contributed by atoms with Crippen LogP contribution in [0.1, 0.15) is 31.0 Å². The number of nitrogens with zero attached hydrogens (tertiary/aromatic N) is 1. The van der Waals surface area contributed by atoms with Crippen molar-refractivity contribution in [3.8, 4) is 0 Å². The number of nitrogens with one attached hydrogen (secondary N) is 2. The van der Waals surface area contributed by atoms with Crippen LogP contribution in [0.5, 0.6) is 0 Å². The molecule has 2 N–H and O–H groups in total. The summed E-state index contributed by atoms with van der Waals surface area (Å²) in [6.07, 6.45) is 0.768. The highest BCUT2D eigenvalue weighted by atomic mass is 79.9. The van der Waals surface area contributed by atoms with Gasteiger partial charge in [-0.05, 0) is 36.4 Å². The largest absolute Gasteiger partial charge is 0.322 e. The van der Waals surface area contributed by atoms with Gasteiger partial charge in [0.05, 0.1) is 0 Å². The molecule has 1 aliphatic rings. The van der Waals surface area contributed by atoms with Crippen molar-refractivity contribution in [1.82, 2.24) is 15.2 Å². The Hall–Kier alpha value is -1.17. The summed E-state index contributed by atoms with van der Waals surface area (Å²) in [5, 5.41) is 4.50. The Labute approximate surface area is 141 Å². The third kappa shape index (κ3) is 3.42. The molecule has 1 saturated heterocycles. The minimum atomic E-state index is 0. The van der Waals surface area contributed by atoms with Crippen molar-refractivity contribution in [2.45, 2.75) is 26.3 Å². The Morgan fingerprint density at radius 1 is 1.23 bits per heavy atom. The highest BCUT2D eigenvalue weighted by Gasteiger charge is 2.18. The molecule has 1 aromatic heterocycles. The molecular weight excluding hydrogens is 342 g/mol. The number of rotatable bonds is 3. The molecule has 2 aromatic rings. The van der Waals surface area contributed by atoms with Crippen LogP contribution in [0.25, 0.3) is 10.9 Å². The lowest BCUT2D eigenvalue weighted by molar-refractivity contribution is 0.185. The first-order chi connectivity index (χ1) is 10.2. The zero-order valence-electron chi connectivity index (χ0n) is 13.2. The van der Waals surface area contributed by atoms with Gasteiger partial charge in [0.25, 0.3) is 5.56 Å². The average molecular weight is 366 g/mol. The lowest BCUT2D eigenvalue weighted by Crippen LogP contribution is -2.44. The van der Waals surface area contributed by atoms with Crippen molar-refractivity contribution in [2.24, 2.45) is 0 Å². The maximum absolute atomic E-state index is 12.0. The molecule has 120 valence electrons. The van der Waals surface area contributed by atoms with E-state index in [-0.39, 0.29) is 22.5 Å². The van der Waals surface area contributed by atoms with Gasteiger partial charge >= 0.3 is 0 Å². The molecule has 5 heteroatoms. The van der Waals surface area contributed by atoms with Crippen LogP contribution in [0.4, 0.5) is 0 Å². The molecule has 0 aliphatic carbocycles. The van der Waals surface area contributed by atoms with E-state index in [2.05, 4.69) is 40.3 Å². The van der Waals surface area contributed by atoms with Crippen molar-refractivity contribution < 1.29 is 0 Å². The van der Waals surface area contributed by atoms with E-state index in [9.17, 15) is 4.79 Å². The van der Waals surface area contributed by atoms with Crippen molar-refractivity contribution >= 4 is 27.9 Å². The van der Waals surface area contributed by atoms with Gasteiger partial charge < -0.3 is 10.3 Å². The molecule has 4 nitrogen and oxygen atoms in total. The Bertz CT molecular complexity index is 692. The molecular formula is C17H24BrN3O. The molecule has 1 fully saturated rings.